The third-order valence-electron chi connectivity index (χ3n) is 4.86. The van der Waals surface area contributed by atoms with Crippen LogP contribution in [0.1, 0.15) is 41.6 Å². The fraction of sp³-hybridized carbons (Fsp3) is 0.360. The van der Waals surface area contributed by atoms with Crippen LogP contribution in [0.4, 0.5) is 5.13 Å². The van der Waals surface area contributed by atoms with Gasteiger partial charge in [0, 0.05) is 16.0 Å². The van der Waals surface area contributed by atoms with Crippen molar-refractivity contribution < 1.29 is 23.7 Å². The molecule has 0 fully saturated rings. The summed E-state index contributed by atoms with van der Waals surface area (Å²) in [4.78, 5) is 18.7. The molecule has 0 aliphatic carbocycles. The molecule has 33 heavy (non-hydrogen) atoms. The predicted molar refractivity (Wildman–Crippen MR) is 131 cm³/mol. The molecule has 3 rings (SSSR count). The molecule has 0 aliphatic rings. The number of benzene rings is 2. The van der Waals surface area contributed by atoms with Crippen molar-refractivity contribution in [2.24, 2.45) is 0 Å². The lowest BCUT2D eigenvalue weighted by atomic mass is 10.1. The Morgan fingerprint density at radius 2 is 1.58 bits per heavy atom. The Labute approximate surface area is 198 Å². The Morgan fingerprint density at radius 3 is 2.12 bits per heavy atom. The van der Waals surface area contributed by atoms with Gasteiger partial charge in [0.05, 0.1) is 32.6 Å². The summed E-state index contributed by atoms with van der Waals surface area (Å²) in [6, 6.07) is 9.25. The van der Waals surface area contributed by atoms with Gasteiger partial charge in [-0.3, -0.25) is 10.1 Å². The van der Waals surface area contributed by atoms with E-state index in [-0.39, 0.29) is 5.91 Å². The lowest BCUT2D eigenvalue weighted by Gasteiger charge is -2.16. The summed E-state index contributed by atoms with van der Waals surface area (Å²) in [5.74, 6) is 1.97. The van der Waals surface area contributed by atoms with Crippen molar-refractivity contribution in [2.45, 2.75) is 34.6 Å². The maximum absolute atomic E-state index is 13.1. The van der Waals surface area contributed by atoms with Crippen LogP contribution < -0.4 is 24.3 Å². The van der Waals surface area contributed by atoms with Gasteiger partial charge in [0.2, 0.25) is 5.75 Å². The van der Waals surface area contributed by atoms with Gasteiger partial charge in [0.1, 0.15) is 5.75 Å². The number of aryl methyl sites for hydroxylation is 2. The van der Waals surface area contributed by atoms with Crippen molar-refractivity contribution in [2.75, 3.05) is 32.2 Å². The summed E-state index contributed by atoms with van der Waals surface area (Å²) >= 11 is 1.43. The highest BCUT2D eigenvalue weighted by atomic mass is 32.1. The van der Waals surface area contributed by atoms with Crippen LogP contribution >= 0.6 is 11.3 Å². The number of nitrogens with one attached hydrogen (secondary N) is 1. The van der Waals surface area contributed by atoms with Gasteiger partial charge in [-0.2, -0.15) is 0 Å². The van der Waals surface area contributed by atoms with E-state index in [9.17, 15) is 4.79 Å². The molecule has 176 valence electrons. The first-order chi connectivity index (χ1) is 15.9. The van der Waals surface area contributed by atoms with E-state index in [1.54, 1.807) is 19.2 Å². The molecule has 1 aromatic heterocycles. The predicted octanol–water partition coefficient (Wildman–Crippen LogP) is 5.88. The monoisotopic (exact) mass is 470 g/mol. The van der Waals surface area contributed by atoms with Crippen LogP contribution in [-0.2, 0) is 0 Å². The van der Waals surface area contributed by atoms with E-state index < -0.39 is 0 Å². The molecule has 1 N–H and O–H groups in total. The van der Waals surface area contributed by atoms with Gasteiger partial charge in [0.15, 0.2) is 16.6 Å². The molecule has 7 nitrogen and oxygen atoms in total. The normalized spacial score (nSPS) is 10.6. The minimum Gasteiger partial charge on any atom is -0.496 e. The number of rotatable bonds is 10. The number of amides is 1. The summed E-state index contributed by atoms with van der Waals surface area (Å²) in [6.45, 7) is 11.0. The number of carbonyl (C=O) groups is 1. The van der Waals surface area contributed by atoms with Crippen molar-refractivity contribution in [3.05, 3.63) is 46.3 Å². The lowest BCUT2D eigenvalue weighted by molar-refractivity contribution is 0.102. The molecule has 2 aromatic carbocycles. The molecule has 3 aromatic rings. The first-order valence-electron chi connectivity index (χ1n) is 10.9. The van der Waals surface area contributed by atoms with Gasteiger partial charge < -0.3 is 18.9 Å². The summed E-state index contributed by atoms with van der Waals surface area (Å²) in [5, 5.41) is 3.43. The van der Waals surface area contributed by atoms with Crippen molar-refractivity contribution in [3.63, 3.8) is 0 Å². The van der Waals surface area contributed by atoms with E-state index in [2.05, 4.69) is 10.3 Å². The Hall–Kier alpha value is -3.26. The van der Waals surface area contributed by atoms with Crippen molar-refractivity contribution in [1.82, 2.24) is 4.98 Å². The van der Waals surface area contributed by atoms with Gasteiger partial charge in [-0.15, -0.1) is 11.3 Å². The van der Waals surface area contributed by atoms with Crippen LogP contribution in [-0.4, -0.2) is 37.8 Å². The van der Waals surface area contributed by atoms with Gasteiger partial charge in [-0.05, 0) is 70.5 Å². The summed E-state index contributed by atoms with van der Waals surface area (Å²) in [6.07, 6.45) is 0. The molecule has 0 bridgehead atoms. The number of methoxy groups -OCH3 is 1. The third-order valence-corrected chi connectivity index (χ3v) is 5.74. The molecule has 8 heteroatoms. The number of aromatic nitrogens is 1. The number of thiazole rings is 1. The summed E-state index contributed by atoms with van der Waals surface area (Å²) < 4.78 is 22.5. The van der Waals surface area contributed by atoms with Crippen LogP contribution in [0.2, 0.25) is 0 Å². The smallest absolute Gasteiger partial charge is 0.257 e. The van der Waals surface area contributed by atoms with E-state index >= 15 is 0 Å². The largest absolute Gasteiger partial charge is 0.496 e. The van der Waals surface area contributed by atoms with E-state index in [0.717, 1.165) is 27.4 Å². The Balaban J connectivity index is 1.89. The molecular weight excluding hydrogens is 440 g/mol. The fourth-order valence-electron chi connectivity index (χ4n) is 3.43. The Kier molecular flexibility index (Phi) is 8.16. The first-order valence-corrected chi connectivity index (χ1v) is 11.7. The standard InChI is InChI=1S/C25H30N2O5S/c1-7-30-20-13-18(14-21(31-8-2)23(20)32-9-3)24(28)27-25-26-22(16(5)33-25)17-10-11-19(29-6)15(4)12-17/h10-14H,7-9H2,1-6H3,(H,26,27,28). The van der Waals surface area contributed by atoms with E-state index in [4.69, 9.17) is 18.9 Å². The number of hydrogen-bond donors (Lipinski definition) is 1. The number of ether oxygens (including phenoxy) is 4. The molecule has 0 unspecified atom stereocenters. The number of hydrogen-bond acceptors (Lipinski definition) is 7. The minimum atomic E-state index is -0.300. The molecule has 0 atom stereocenters. The van der Waals surface area contributed by atoms with E-state index in [1.165, 1.54) is 11.3 Å². The van der Waals surface area contributed by atoms with Gasteiger partial charge in [-0.25, -0.2) is 4.98 Å². The minimum absolute atomic E-state index is 0.300. The quantitative estimate of drug-likeness (QED) is 0.398. The molecule has 0 saturated carbocycles. The van der Waals surface area contributed by atoms with Crippen molar-refractivity contribution in [1.29, 1.82) is 0 Å². The van der Waals surface area contributed by atoms with Crippen molar-refractivity contribution in [3.8, 4) is 34.3 Å². The lowest BCUT2D eigenvalue weighted by Crippen LogP contribution is -2.13. The fourth-order valence-corrected chi connectivity index (χ4v) is 4.26. The maximum atomic E-state index is 13.1. The molecule has 0 saturated heterocycles. The third kappa shape index (κ3) is 5.57. The van der Waals surface area contributed by atoms with E-state index in [1.807, 2.05) is 52.8 Å². The average Bonchev–Trinajstić information content (AvgIpc) is 3.15. The SMILES string of the molecule is CCOc1cc(C(=O)Nc2nc(-c3ccc(OC)c(C)c3)c(C)s2)cc(OCC)c1OCC. The number of anilines is 1. The second-order valence-electron chi connectivity index (χ2n) is 7.16. The topological polar surface area (TPSA) is 78.9 Å². The highest BCUT2D eigenvalue weighted by molar-refractivity contribution is 7.16. The van der Waals surface area contributed by atoms with Crippen LogP contribution in [0.15, 0.2) is 30.3 Å². The maximum Gasteiger partial charge on any atom is 0.257 e. The molecule has 1 heterocycles. The van der Waals surface area contributed by atoms with E-state index in [0.29, 0.717) is 47.8 Å². The zero-order chi connectivity index (χ0) is 24.0. The van der Waals surface area contributed by atoms with Crippen LogP contribution in [0, 0.1) is 13.8 Å². The average molecular weight is 471 g/mol. The molecular formula is C25H30N2O5S. The number of nitrogens with zero attached hydrogens (tertiary/aromatic N) is 1. The van der Waals surface area contributed by atoms with Gasteiger partial charge in [0.25, 0.3) is 5.91 Å². The summed E-state index contributed by atoms with van der Waals surface area (Å²) in [7, 11) is 1.65. The zero-order valence-corrected chi connectivity index (χ0v) is 20.7. The highest BCUT2D eigenvalue weighted by Gasteiger charge is 2.20. The second-order valence-corrected chi connectivity index (χ2v) is 8.37. The Bertz CT molecular complexity index is 1100. The molecule has 0 radical (unpaired) electrons. The second kappa shape index (κ2) is 11.0. The van der Waals surface area contributed by atoms with Crippen LogP contribution in [0.5, 0.6) is 23.0 Å². The van der Waals surface area contributed by atoms with Crippen molar-refractivity contribution >= 4 is 22.4 Å². The van der Waals surface area contributed by atoms with Crippen LogP contribution in [0.3, 0.4) is 0 Å². The molecule has 0 aliphatic heterocycles. The van der Waals surface area contributed by atoms with Crippen LogP contribution in [0.25, 0.3) is 11.3 Å². The highest BCUT2D eigenvalue weighted by Crippen LogP contribution is 2.39. The van der Waals surface area contributed by atoms with Gasteiger partial charge in [-0.1, -0.05) is 0 Å². The molecule has 0 spiro atoms. The van der Waals surface area contributed by atoms with Gasteiger partial charge >= 0.3 is 0 Å². The summed E-state index contributed by atoms with van der Waals surface area (Å²) in [5.41, 5.74) is 3.23. The Morgan fingerprint density at radius 1 is 0.939 bits per heavy atom. The number of carbonyl (C=O) groups excluding carboxylic acids is 1. The first kappa shape index (κ1) is 24.4. The molecule has 1 amide bonds. The zero-order valence-electron chi connectivity index (χ0n) is 19.9.